The molecular weight excluding hydrogens is 480 g/mol. The average molecular weight is 500 g/mol. The largest absolute Gasteiger partial charge is 0.454 e. The highest BCUT2D eigenvalue weighted by Crippen LogP contribution is 2.33. The second kappa shape index (κ2) is 9.16. The number of nitrogens with one attached hydrogen (secondary N) is 1. The molecule has 0 fully saturated rings. The highest BCUT2D eigenvalue weighted by atomic mass is 35.5. The zero-order valence-corrected chi connectivity index (χ0v) is 19.7. The van der Waals surface area contributed by atoms with E-state index in [9.17, 15) is 9.18 Å². The van der Waals surface area contributed by atoms with Crippen molar-refractivity contribution in [1.82, 2.24) is 14.9 Å². The standard InChI is InChI=1S/C25H20Cl2FN3O3/c1-14(25(32)29-12-16-4-7-22-23(8-16)34-13-33-22)31-21-11-19(27)18(26)10-20(21)30-24(31)9-15-2-5-17(28)6-3-15/h2-8,10-11,14H,9,12-13H2,1H3,(H,29,32). The maximum absolute atomic E-state index is 13.4. The van der Waals surface area contributed by atoms with Crippen molar-refractivity contribution in [3.05, 3.63) is 87.4 Å². The monoisotopic (exact) mass is 499 g/mol. The smallest absolute Gasteiger partial charge is 0.243 e. The molecule has 6 nitrogen and oxygen atoms in total. The van der Waals surface area contributed by atoms with Crippen LogP contribution in [-0.4, -0.2) is 22.3 Å². The van der Waals surface area contributed by atoms with Gasteiger partial charge in [-0.2, -0.15) is 0 Å². The van der Waals surface area contributed by atoms with E-state index in [1.165, 1.54) is 12.1 Å². The van der Waals surface area contributed by atoms with Crippen molar-refractivity contribution in [2.24, 2.45) is 0 Å². The summed E-state index contributed by atoms with van der Waals surface area (Å²) < 4.78 is 26.0. The number of carbonyl (C=O) groups excluding carboxylic acids is 1. The number of benzene rings is 3. The first-order valence-corrected chi connectivity index (χ1v) is 11.4. The molecule has 0 radical (unpaired) electrons. The quantitative estimate of drug-likeness (QED) is 0.370. The molecule has 2 heterocycles. The highest BCUT2D eigenvalue weighted by Gasteiger charge is 2.23. The molecule has 1 atom stereocenters. The van der Waals surface area contributed by atoms with Gasteiger partial charge in [-0.1, -0.05) is 41.4 Å². The van der Waals surface area contributed by atoms with Crippen LogP contribution in [0, 0.1) is 5.82 Å². The molecule has 174 valence electrons. The minimum Gasteiger partial charge on any atom is -0.454 e. The Labute approximate surface area is 205 Å². The van der Waals surface area contributed by atoms with Crippen LogP contribution in [0.4, 0.5) is 4.39 Å². The Morgan fingerprint density at radius 1 is 1.06 bits per heavy atom. The van der Waals surface area contributed by atoms with Gasteiger partial charge in [-0.05, 0) is 54.4 Å². The topological polar surface area (TPSA) is 65.4 Å². The Morgan fingerprint density at radius 3 is 2.56 bits per heavy atom. The number of rotatable bonds is 6. The first kappa shape index (κ1) is 22.5. The maximum Gasteiger partial charge on any atom is 0.243 e. The summed E-state index contributed by atoms with van der Waals surface area (Å²) in [5, 5.41) is 3.73. The fourth-order valence-electron chi connectivity index (χ4n) is 3.99. The van der Waals surface area contributed by atoms with Crippen molar-refractivity contribution in [3.63, 3.8) is 0 Å². The predicted molar refractivity (Wildman–Crippen MR) is 128 cm³/mol. The van der Waals surface area contributed by atoms with Gasteiger partial charge in [0.05, 0.1) is 21.1 Å². The van der Waals surface area contributed by atoms with Gasteiger partial charge >= 0.3 is 0 Å². The molecule has 0 saturated carbocycles. The fraction of sp³-hybridized carbons (Fsp3) is 0.200. The first-order chi connectivity index (χ1) is 16.4. The molecule has 1 amide bonds. The van der Waals surface area contributed by atoms with Gasteiger partial charge in [-0.25, -0.2) is 9.37 Å². The zero-order chi connectivity index (χ0) is 23.8. The molecule has 5 rings (SSSR count). The Kier molecular flexibility index (Phi) is 6.06. The Morgan fingerprint density at radius 2 is 1.76 bits per heavy atom. The van der Waals surface area contributed by atoms with Gasteiger partial charge in [-0.15, -0.1) is 0 Å². The number of nitrogens with zero attached hydrogens (tertiary/aromatic N) is 2. The summed E-state index contributed by atoms with van der Waals surface area (Å²) in [5.74, 6) is 1.49. The Balaban J connectivity index is 1.43. The number of halogens is 3. The molecule has 9 heteroatoms. The van der Waals surface area contributed by atoms with E-state index in [4.69, 9.17) is 37.7 Å². The van der Waals surface area contributed by atoms with E-state index in [0.717, 1.165) is 11.1 Å². The van der Waals surface area contributed by atoms with Crippen LogP contribution in [0.2, 0.25) is 10.0 Å². The third-order valence-electron chi connectivity index (χ3n) is 5.75. The molecule has 0 aliphatic carbocycles. The number of amides is 1. The van der Waals surface area contributed by atoms with Gasteiger partial charge < -0.3 is 19.4 Å². The molecule has 0 bridgehead atoms. The van der Waals surface area contributed by atoms with Crippen LogP contribution in [0.3, 0.4) is 0 Å². The molecule has 0 spiro atoms. The Hall–Kier alpha value is -3.29. The normalized spacial score (nSPS) is 13.3. The van der Waals surface area contributed by atoms with Crippen molar-refractivity contribution in [3.8, 4) is 11.5 Å². The summed E-state index contributed by atoms with van der Waals surface area (Å²) in [5.41, 5.74) is 3.07. The van der Waals surface area contributed by atoms with Crippen molar-refractivity contribution in [1.29, 1.82) is 0 Å². The lowest BCUT2D eigenvalue weighted by atomic mass is 10.1. The maximum atomic E-state index is 13.4. The van der Waals surface area contributed by atoms with Crippen LogP contribution < -0.4 is 14.8 Å². The average Bonchev–Trinajstić information content (AvgIpc) is 3.42. The second-order valence-corrected chi connectivity index (χ2v) is 8.85. The molecule has 3 aromatic carbocycles. The number of fused-ring (bicyclic) bond motifs is 2. The third-order valence-corrected chi connectivity index (χ3v) is 6.47. The van der Waals surface area contributed by atoms with E-state index in [1.807, 2.05) is 22.8 Å². The lowest BCUT2D eigenvalue weighted by Gasteiger charge is -2.18. The van der Waals surface area contributed by atoms with E-state index in [-0.39, 0.29) is 18.5 Å². The van der Waals surface area contributed by atoms with Gasteiger partial charge in [0.25, 0.3) is 0 Å². The van der Waals surface area contributed by atoms with E-state index in [1.54, 1.807) is 31.2 Å². The number of aromatic nitrogens is 2. The second-order valence-electron chi connectivity index (χ2n) is 8.04. The minimum absolute atomic E-state index is 0.191. The fourth-order valence-corrected chi connectivity index (χ4v) is 4.30. The van der Waals surface area contributed by atoms with Crippen LogP contribution in [0.1, 0.15) is 29.9 Å². The molecule has 0 saturated heterocycles. The number of carbonyl (C=O) groups is 1. The SMILES string of the molecule is CC(C(=O)NCc1ccc2c(c1)OCO2)n1c(Cc2ccc(F)cc2)nc2cc(Cl)c(Cl)cc21. The number of hydrogen-bond acceptors (Lipinski definition) is 4. The van der Waals surface area contributed by atoms with Crippen molar-refractivity contribution in [2.75, 3.05) is 6.79 Å². The van der Waals surface area contributed by atoms with E-state index >= 15 is 0 Å². The summed E-state index contributed by atoms with van der Waals surface area (Å²) in [6.45, 7) is 2.32. The van der Waals surface area contributed by atoms with Crippen LogP contribution in [0.5, 0.6) is 11.5 Å². The van der Waals surface area contributed by atoms with Crippen molar-refractivity contribution in [2.45, 2.75) is 25.9 Å². The molecular formula is C25H20Cl2FN3O3. The van der Waals surface area contributed by atoms with Crippen molar-refractivity contribution >= 4 is 40.1 Å². The van der Waals surface area contributed by atoms with Crippen LogP contribution in [0.15, 0.2) is 54.6 Å². The molecule has 1 aliphatic heterocycles. The molecule has 34 heavy (non-hydrogen) atoms. The van der Waals surface area contributed by atoms with Crippen LogP contribution in [-0.2, 0) is 17.8 Å². The summed E-state index contributed by atoms with van der Waals surface area (Å²) in [7, 11) is 0. The zero-order valence-electron chi connectivity index (χ0n) is 18.1. The molecule has 1 unspecified atom stereocenters. The van der Waals surface area contributed by atoms with Gasteiger partial charge in [0.15, 0.2) is 11.5 Å². The highest BCUT2D eigenvalue weighted by molar-refractivity contribution is 6.42. The molecule has 1 aliphatic rings. The van der Waals surface area contributed by atoms with Crippen LogP contribution >= 0.6 is 23.2 Å². The number of hydrogen-bond donors (Lipinski definition) is 1. The van der Waals surface area contributed by atoms with E-state index < -0.39 is 6.04 Å². The molecule has 4 aromatic rings. The van der Waals surface area contributed by atoms with Gasteiger partial charge in [0.2, 0.25) is 12.7 Å². The molecule has 1 N–H and O–H groups in total. The lowest BCUT2D eigenvalue weighted by Crippen LogP contribution is -2.31. The molecule has 1 aromatic heterocycles. The Bertz CT molecular complexity index is 1390. The summed E-state index contributed by atoms with van der Waals surface area (Å²) in [6.07, 6.45) is 0.407. The lowest BCUT2D eigenvalue weighted by molar-refractivity contribution is -0.124. The van der Waals surface area contributed by atoms with Crippen molar-refractivity contribution < 1.29 is 18.7 Å². The third kappa shape index (κ3) is 4.41. The van der Waals surface area contributed by atoms with Gasteiger partial charge in [0, 0.05) is 13.0 Å². The summed E-state index contributed by atoms with van der Waals surface area (Å²) in [4.78, 5) is 17.9. The van der Waals surface area contributed by atoms with E-state index in [2.05, 4.69) is 5.32 Å². The first-order valence-electron chi connectivity index (χ1n) is 10.7. The van der Waals surface area contributed by atoms with Gasteiger partial charge in [0.1, 0.15) is 17.7 Å². The summed E-state index contributed by atoms with van der Waals surface area (Å²) >= 11 is 12.5. The summed E-state index contributed by atoms with van der Waals surface area (Å²) in [6, 6.07) is 14.6. The van der Waals surface area contributed by atoms with Gasteiger partial charge in [-0.3, -0.25) is 4.79 Å². The van der Waals surface area contributed by atoms with E-state index in [0.29, 0.717) is 51.4 Å². The predicted octanol–water partition coefficient (Wildman–Crippen LogP) is 5.68. The minimum atomic E-state index is -0.591. The van der Waals surface area contributed by atoms with Crippen LogP contribution in [0.25, 0.3) is 11.0 Å². The number of imidazole rings is 1. The number of ether oxygens (including phenoxy) is 2.